The first-order valence-corrected chi connectivity index (χ1v) is 5.96. The van der Waals surface area contributed by atoms with Gasteiger partial charge in [-0.25, -0.2) is 5.32 Å². The molecule has 4 nitrogen and oxygen atoms in total. The fourth-order valence-electron chi connectivity index (χ4n) is 2.55. The van der Waals surface area contributed by atoms with Crippen molar-refractivity contribution in [1.29, 1.82) is 0 Å². The summed E-state index contributed by atoms with van der Waals surface area (Å²) in [5.41, 5.74) is -0.253. The highest BCUT2D eigenvalue weighted by Gasteiger charge is 2.41. The second-order valence-corrected chi connectivity index (χ2v) is 4.43. The SMILES string of the molecule is CC[C@@]1(C(=O)N2CC[N]CC2)CCCN1. The Bertz CT molecular complexity index is 230. The van der Waals surface area contributed by atoms with Crippen LogP contribution in [0.4, 0.5) is 0 Å². The van der Waals surface area contributed by atoms with E-state index in [4.69, 9.17) is 0 Å². The van der Waals surface area contributed by atoms with Crippen LogP contribution in [0.1, 0.15) is 26.2 Å². The highest BCUT2D eigenvalue weighted by Crippen LogP contribution is 2.25. The highest BCUT2D eigenvalue weighted by atomic mass is 16.2. The molecule has 1 atom stereocenters. The van der Waals surface area contributed by atoms with Crippen molar-refractivity contribution in [2.24, 2.45) is 0 Å². The molecule has 0 aromatic carbocycles. The van der Waals surface area contributed by atoms with Crippen LogP contribution in [0.3, 0.4) is 0 Å². The average Bonchev–Trinajstić information content (AvgIpc) is 2.79. The van der Waals surface area contributed by atoms with Gasteiger partial charge in [0.05, 0.1) is 5.54 Å². The topological polar surface area (TPSA) is 46.4 Å². The third kappa shape index (κ3) is 2.01. The summed E-state index contributed by atoms with van der Waals surface area (Å²) in [6.07, 6.45) is 3.02. The molecule has 2 aliphatic heterocycles. The standard InChI is InChI=1S/C11H20N3O/c1-2-11(4-3-5-13-11)10(15)14-8-6-12-7-9-14/h13H,2-9H2,1H3/t11-/m0/s1. The van der Waals surface area contributed by atoms with E-state index in [1.807, 2.05) is 4.90 Å². The number of hydrogen-bond donors (Lipinski definition) is 1. The van der Waals surface area contributed by atoms with Crippen molar-refractivity contribution in [3.63, 3.8) is 0 Å². The molecule has 2 saturated heterocycles. The first kappa shape index (κ1) is 10.9. The van der Waals surface area contributed by atoms with E-state index in [1.54, 1.807) is 0 Å². The lowest BCUT2D eigenvalue weighted by Crippen LogP contribution is -2.57. The van der Waals surface area contributed by atoms with Crippen molar-refractivity contribution >= 4 is 5.91 Å². The smallest absolute Gasteiger partial charge is 0.242 e. The lowest BCUT2D eigenvalue weighted by Gasteiger charge is -2.35. The fraction of sp³-hybridized carbons (Fsp3) is 0.909. The summed E-state index contributed by atoms with van der Waals surface area (Å²) in [4.78, 5) is 14.4. The summed E-state index contributed by atoms with van der Waals surface area (Å²) >= 11 is 0. The lowest BCUT2D eigenvalue weighted by atomic mass is 9.92. The van der Waals surface area contributed by atoms with E-state index >= 15 is 0 Å². The highest BCUT2D eigenvalue weighted by molar-refractivity contribution is 5.86. The van der Waals surface area contributed by atoms with Crippen LogP contribution in [0.5, 0.6) is 0 Å². The van der Waals surface area contributed by atoms with Gasteiger partial charge in [0.15, 0.2) is 0 Å². The van der Waals surface area contributed by atoms with Crippen LogP contribution in [0.15, 0.2) is 0 Å². The van der Waals surface area contributed by atoms with Crippen LogP contribution < -0.4 is 10.6 Å². The molecular weight excluding hydrogens is 190 g/mol. The second-order valence-electron chi connectivity index (χ2n) is 4.43. The maximum absolute atomic E-state index is 12.4. The van der Waals surface area contributed by atoms with Gasteiger partial charge < -0.3 is 10.2 Å². The molecule has 85 valence electrons. The van der Waals surface area contributed by atoms with Crippen LogP contribution in [0.2, 0.25) is 0 Å². The number of piperazine rings is 1. The third-order valence-corrected chi connectivity index (χ3v) is 3.60. The molecule has 0 unspecified atom stereocenters. The monoisotopic (exact) mass is 210 g/mol. The van der Waals surface area contributed by atoms with Gasteiger partial charge in [-0.3, -0.25) is 4.79 Å². The molecule has 0 saturated carbocycles. The molecule has 2 fully saturated rings. The molecule has 4 heteroatoms. The van der Waals surface area contributed by atoms with Crippen LogP contribution in [0.25, 0.3) is 0 Å². The number of nitrogens with zero attached hydrogens (tertiary/aromatic N) is 2. The van der Waals surface area contributed by atoms with Crippen molar-refractivity contribution < 1.29 is 4.79 Å². The predicted octanol–water partition coefficient (Wildman–Crippen LogP) is -0.0348. The molecule has 0 aromatic heterocycles. The molecule has 2 rings (SSSR count). The van der Waals surface area contributed by atoms with Gasteiger partial charge >= 0.3 is 0 Å². The number of amides is 1. The summed E-state index contributed by atoms with van der Waals surface area (Å²) < 4.78 is 0. The molecule has 0 bridgehead atoms. The molecule has 0 spiro atoms. The van der Waals surface area contributed by atoms with E-state index in [1.165, 1.54) is 0 Å². The molecule has 1 radical (unpaired) electrons. The minimum absolute atomic E-state index is 0.253. The average molecular weight is 210 g/mol. The van der Waals surface area contributed by atoms with Crippen LogP contribution in [0, 0.1) is 0 Å². The minimum Gasteiger partial charge on any atom is -0.338 e. The Morgan fingerprint density at radius 3 is 2.73 bits per heavy atom. The Morgan fingerprint density at radius 2 is 2.20 bits per heavy atom. The second kappa shape index (κ2) is 4.49. The normalized spacial score (nSPS) is 31.9. The largest absolute Gasteiger partial charge is 0.338 e. The Morgan fingerprint density at radius 1 is 1.47 bits per heavy atom. The van der Waals surface area contributed by atoms with Gasteiger partial charge in [-0.15, -0.1) is 0 Å². The Labute approximate surface area is 91.4 Å². The van der Waals surface area contributed by atoms with Gasteiger partial charge in [0.1, 0.15) is 0 Å². The first-order chi connectivity index (χ1) is 7.28. The van der Waals surface area contributed by atoms with E-state index in [-0.39, 0.29) is 5.54 Å². The maximum atomic E-state index is 12.4. The van der Waals surface area contributed by atoms with E-state index in [2.05, 4.69) is 17.6 Å². The number of carbonyl (C=O) groups is 1. The molecule has 1 amide bonds. The zero-order valence-corrected chi connectivity index (χ0v) is 9.46. The van der Waals surface area contributed by atoms with Crippen molar-refractivity contribution in [1.82, 2.24) is 15.5 Å². The number of carbonyl (C=O) groups excluding carboxylic acids is 1. The van der Waals surface area contributed by atoms with E-state index in [0.29, 0.717) is 5.91 Å². The Kier molecular flexibility index (Phi) is 3.26. The van der Waals surface area contributed by atoms with Crippen molar-refractivity contribution in [2.75, 3.05) is 32.7 Å². The van der Waals surface area contributed by atoms with Gasteiger partial charge in [0, 0.05) is 26.2 Å². The fourth-order valence-corrected chi connectivity index (χ4v) is 2.55. The van der Waals surface area contributed by atoms with Gasteiger partial charge in [-0.2, -0.15) is 0 Å². The maximum Gasteiger partial charge on any atom is 0.242 e. The molecule has 0 aromatic rings. The van der Waals surface area contributed by atoms with Gasteiger partial charge in [-0.1, -0.05) is 6.92 Å². The van der Waals surface area contributed by atoms with E-state index in [0.717, 1.165) is 52.0 Å². The molecule has 0 aliphatic carbocycles. The summed E-state index contributed by atoms with van der Waals surface area (Å²) in [5, 5.41) is 7.67. The zero-order valence-electron chi connectivity index (χ0n) is 9.46. The van der Waals surface area contributed by atoms with E-state index < -0.39 is 0 Å². The molecular formula is C11H20N3O. The molecule has 15 heavy (non-hydrogen) atoms. The quantitative estimate of drug-likeness (QED) is 0.695. The van der Waals surface area contributed by atoms with Crippen LogP contribution in [-0.4, -0.2) is 49.1 Å². The third-order valence-electron chi connectivity index (χ3n) is 3.60. The van der Waals surface area contributed by atoms with Crippen molar-refractivity contribution in [2.45, 2.75) is 31.7 Å². The number of hydrogen-bond acceptors (Lipinski definition) is 2. The summed E-state index contributed by atoms with van der Waals surface area (Å²) in [6, 6.07) is 0. The molecule has 1 N–H and O–H groups in total. The number of nitrogens with one attached hydrogen (secondary N) is 1. The van der Waals surface area contributed by atoms with Gasteiger partial charge in [0.25, 0.3) is 0 Å². The summed E-state index contributed by atoms with van der Waals surface area (Å²) in [5.74, 6) is 0.303. The van der Waals surface area contributed by atoms with E-state index in [9.17, 15) is 4.79 Å². The minimum atomic E-state index is -0.253. The van der Waals surface area contributed by atoms with Crippen LogP contribution >= 0.6 is 0 Å². The lowest BCUT2D eigenvalue weighted by molar-refractivity contribution is -0.138. The zero-order chi connectivity index (χ0) is 10.7. The van der Waals surface area contributed by atoms with Crippen LogP contribution in [-0.2, 0) is 4.79 Å². The Hall–Kier alpha value is -0.610. The summed E-state index contributed by atoms with van der Waals surface area (Å²) in [6.45, 7) is 6.32. The van der Waals surface area contributed by atoms with Crippen molar-refractivity contribution in [3.8, 4) is 0 Å². The molecule has 2 aliphatic rings. The summed E-state index contributed by atoms with van der Waals surface area (Å²) in [7, 11) is 0. The van der Waals surface area contributed by atoms with Crippen molar-refractivity contribution in [3.05, 3.63) is 0 Å². The van der Waals surface area contributed by atoms with Gasteiger partial charge in [-0.05, 0) is 25.8 Å². The van der Waals surface area contributed by atoms with Gasteiger partial charge in [0.2, 0.25) is 5.91 Å². The number of rotatable bonds is 2. The molecule has 2 heterocycles. The first-order valence-electron chi connectivity index (χ1n) is 5.96. The predicted molar refractivity (Wildman–Crippen MR) is 58.7 cm³/mol. The Balaban J connectivity index is 2.03.